The molecule has 0 spiro atoms. The van der Waals surface area contributed by atoms with E-state index in [0.29, 0.717) is 6.54 Å². The molecule has 1 aromatic heterocycles. The highest BCUT2D eigenvalue weighted by Crippen LogP contribution is 2.27. The molecule has 3 rings (SSSR count). The quantitative estimate of drug-likeness (QED) is 0.937. The lowest BCUT2D eigenvalue weighted by Crippen LogP contribution is -2.49. The first kappa shape index (κ1) is 14.8. The molecule has 5 nitrogen and oxygen atoms in total. The summed E-state index contributed by atoms with van der Waals surface area (Å²) in [7, 11) is 0. The van der Waals surface area contributed by atoms with Gasteiger partial charge in [0.2, 0.25) is 5.91 Å². The highest BCUT2D eigenvalue weighted by molar-refractivity contribution is 5.84. The van der Waals surface area contributed by atoms with Crippen molar-refractivity contribution in [3.05, 3.63) is 53.3 Å². The summed E-state index contributed by atoms with van der Waals surface area (Å²) in [6, 6.07) is 7.89. The number of amides is 1. The molecule has 0 radical (unpaired) electrons. The van der Waals surface area contributed by atoms with E-state index in [0.717, 1.165) is 36.3 Å². The van der Waals surface area contributed by atoms with Gasteiger partial charge in [0.05, 0.1) is 6.20 Å². The zero-order valence-corrected chi connectivity index (χ0v) is 13.1. The summed E-state index contributed by atoms with van der Waals surface area (Å²) in [5.41, 5.74) is 3.39. The van der Waals surface area contributed by atoms with Gasteiger partial charge in [-0.05, 0) is 25.0 Å². The molecule has 1 atom stereocenters. The predicted octanol–water partition coefficient (Wildman–Crippen LogP) is 1.88. The number of benzene rings is 1. The molecular weight excluding hydrogens is 276 g/mol. The van der Waals surface area contributed by atoms with Crippen LogP contribution in [0.5, 0.6) is 0 Å². The maximum absolute atomic E-state index is 12.4. The third-order valence-corrected chi connectivity index (χ3v) is 4.19. The largest absolute Gasteiger partial charge is 0.353 e. The standard InChI is InChI=1S/C17H22N4O/c1-3-21-12-14(10-19-21)11-20-9-8-18-17(22)16(20)15-7-5-4-6-13(15)2/h4-7,10,12,16H,3,8-9,11H2,1-2H3,(H,18,22)/t16-/m1/s1. The third kappa shape index (κ3) is 2.90. The Morgan fingerprint density at radius 3 is 2.91 bits per heavy atom. The van der Waals surface area contributed by atoms with Crippen molar-refractivity contribution in [2.75, 3.05) is 13.1 Å². The average molecular weight is 298 g/mol. The van der Waals surface area contributed by atoms with E-state index in [1.807, 2.05) is 29.1 Å². The van der Waals surface area contributed by atoms with Crippen LogP contribution in [0.1, 0.15) is 29.7 Å². The van der Waals surface area contributed by atoms with Gasteiger partial charge in [-0.25, -0.2) is 0 Å². The molecule has 1 saturated heterocycles. The minimum absolute atomic E-state index is 0.0865. The van der Waals surface area contributed by atoms with Gasteiger partial charge in [-0.3, -0.25) is 14.4 Å². The van der Waals surface area contributed by atoms with E-state index in [4.69, 9.17) is 0 Å². The lowest BCUT2D eigenvalue weighted by atomic mass is 9.97. The molecular formula is C17H22N4O. The second-order valence-corrected chi connectivity index (χ2v) is 5.72. The smallest absolute Gasteiger partial charge is 0.242 e. The van der Waals surface area contributed by atoms with Crippen LogP contribution in [0.4, 0.5) is 0 Å². The highest BCUT2D eigenvalue weighted by atomic mass is 16.2. The number of rotatable bonds is 4. The first-order valence-electron chi connectivity index (χ1n) is 7.77. The molecule has 1 aliphatic heterocycles. The summed E-state index contributed by atoms with van der Waals surface area (Å²) in [5, 5.41) is 7.31. The number of aryl methyl sites for hydroxylation is 2. The van der Waals surface area contributed by atoms with Gasteiger partial charge in [0.15, 0.2) is 0 Å². The van der Waals surface area contributed by atoms with Crippen LogP contribution >= 0.6 is 0 Å². The van der Waals surface area contributed by atoms with Crippen molar-refractivity contribution in [1.29, 1.82) is 0 Å². The van der Waals surface area contributed by atoms with Crippen molar-refractivity contribution in [3.8, 4) is 0 Å². The zero-order chi connectivity index (χ0) is 15.5. The maximum Gasteiger partial charge on any atom is 0.242 e. The fourth-order valence-corrected chi connectivity index (χ4v) is 3.01. The molecule has 1 aliphatic rings. The molecule has 1 amide bonds. The monoisotopic (exact) mass is 298 g/mol. The number of aromatic nitrogens is 2. The van der Waals surface area contributed by atoms with Crippen molar-refractivity contribution in [3.63, 3.8) is 0 Å². The third-order valence-electron chi connectivity index (χ3n) is 4.19. The Kier molecular flexibility index (Phi) is 4.24. The molecule has 2 aromatic rings. The normalized spacial score (nSPS) is 19.2. The van der Waals surface area contributed by atoms with Gasteiger partial charge in [0, 0.05) is 37.9 Å². The van der Waals surface area contributed by atoms with Crippen LogP contribution < -0.4 is 5.32 Å². The number of hydrogen-bond acceptors (Lipinski definition) is 3. The Morgan fingerprint density at radius 1 is 1.36 bits per heavy atom. The van der Waals surface area contributed by atoms with Crippen molar-refractivity contribution >= 4 is 5.91 Å². The molecule has 1 fully saturated rings. The van der Waals surface area contributed by atoms with Crippen LogP contribution in [0.15, 0.2) is 36.7 Å². The lowest BCUT2D eigenvalue weighted by Gasteiger charge is -2.35. The van der Waals surface area contributed by atoms with E-state index in [-0.39, 0.29) is 11.9 Å². The van der Waals surface area contributed by atoms with E-state index in [2.05, 4.69) is 41.4 Å². The first-order chi connectivity index (χ1) is 10.7. The highest BCUT2D eigenvalue weighted by Gasteiger charge is 2.32. The summed E-state index contributed by atoms with van der Waals surface area (Å²) >= 11 is 0. The number of piperazine rings is 1. The average Bonchev–Trinajstić information content (AvgIpc) is 2.96. The van der Waals surface area contributed by atoms with Crippen LogP contribution in [0.2, 0.25) is 0 Å². The van der Waals surface area contributed by atoms with Crippen molar-refractivity contribution in [1.82, 2.24) is 20.0 Å². The SMILES string of the molecule is CCn1cc(CN2CCNC(=O)[C@H]2c2ccccc2C)cn1. The van der Waals surface area contributed by atoms with Crippen molar-refractivity contribution in [2.45, 2.75) is 33.0 Å². The minimum atomic E-state index is -0.222. The Bertz CT molecular complexity index is 664. The van der Waals surface area contributed by atoms with E-state index in [1.165, 1.54) is 0 Å². The Balaban J connectivity index is 1.87. The summed E-state index contributed by atoms with van der Waals surface area (Å²) in [6.07, 6.45) is 3.95. The molecule has 0 aliphatic carbocycles. The summed E-state index contributed by atoms with van der Waals surface area (Å²) in [5.74, 6) is 0.0865. The van der Waals surface area contributed by atoms with E-state index < -0.39 is 0 Å². The second-order valence-electron chi connectivity index (χ2n) is 5.72. The number of nitrogens with zero attached hydrogens (tertiary/aromatic N) is 3. The van der Waals surface area contributed by atoms with Crippen molar-refractivity contribution in [2.24, 2.45) is 0 Å². The lowest BCUT2D eigenvalue weighted by molar-refractivity contribution is -0.129. The van der Waals surface area contributed by atoms with E-state index in [1.54, 1.807) is 0 Å². The van der Waals surface area contributed by atoms with Gasteiger partial charge < -0.3 is 5.32 Å². The number of carbonyl (C=O) groups is 1. The topological polar surface area (TPSA) is 50.2 Å². The van der Waals surface area contributed by atoms with Crippen LogP contribution in [0, 0.1) is 6.92 Å². The van der Waals surface area contributed by atoms with Gasteiger partial charge in [0.25, 0.3) is 0 Å². The fourth-order valence-electron chi connectivity index (χ4n) is 3.01. The van der Waals surface area contributed by atoms with Crippen molar-refractivity contribution < 1.29 is 4.79 Å². The first-order valence-corrected chi connectivity index (χ1v) is 7.77. The summed E-state index contributed by atoms with van der Waals surface area (Å²) in [4.78, 5) is 14.7. The molecule has 1 N–H and O–H groups in total. The Hall–Kier alpha value is -2.14. The molecule has 0 saturated carbocycles. The number of carbonyl (C=O) groups excluding carboxylic acids is 1. The summed E-state index contributed by atoms with van der Waals surface area (Å²) < 4.78 is 1.92. The van der Waals surface area contributed by atoms with Gasteiger partial charge in [-0.15, -0.1) is 0 Å². The molecule has 5 heteroatoms. The maximum atomic E-state index is 12.4. The molecule has 0 unspecified atom stereocenters. The fraction of sp³-hybridized carbons (Fsp3) is 0.412. The number of nitrogens with one attached hydrogen (secondary N) is 1. The van der Waals surface area contributed by atoms with Crippen LogP contribution in [-0.2, 0) is 17.9 Å². The minimum Gasteiger partial charge on any atom is -0.353 e. The predicted molar refractivity (Wildman–Crippen MR) is 85.2 cm³/mol. The van der Waals surface area contributed by atoms with Gasteiger partial charge in [0.1, 0.15) is 6.04 Å². The summed E-state index contributed by atoms with van der Waals surface area (Å²) in [6.45, 7) is 7.28. The van der Waals surface area contributed by atoms with Crippen LogP contribution in [-0.4, -0.2) is 33.7 Å². The van der Waals surface area contributed by atoms with Gasteiger partial charge in [-0.2, -0.15) is 5.10 Å². The molecule has 2 heterocycles. The van der Waals surface area contributed by atoms with Crippen LogP contribution in [0.3, 0.4) is 0 Å². The molecule has 1 aromatic carbocycles. The Morgan fingerprint density at radius 2 is 2.18 bits per heavy atom. The molecule has 22 heavy (non-hydrogen) atoms. The molecule has 0 bridgehead atoms. The number of hydrogen-bond donors (Lipinski definition) is 1. The van der Waals surface area contributed by atoms with Crippen LogP contribution in [0.25, 0.3) is 0 Å². The Labute approximate surface area is 130 Å². The zero-order valence-electron chi connectivity index (χ0n) is 13.1. The molecule has 116 valence electrons. The second kappa shape index (κ2) is 6.32. The van der Waals surface area contributed by atoms with E-state index in [9.17, 15) is 4.79 Å². The van der Waals surface area contributed by atoms with E-state index >= 15 is 0 Å². The van der Waals surface area contributed by atoms with Gasteiger partial charge >= 0.3 is 0 Å². The van der Waals surface area contributed by atoms with Gasteiger partial charge in [-0.1, -0.05) is 24.3 Å².